The highest BCUT2D eigenvalue weighted by Crippen LogP contribution is 2.21. The molecule has 0 radical (unpaired) electrons. The molecule has 1 aliphatic heterocycles. The number of carbonyl (C=O) groups is 2. The number of terminal acetylenes is 1. The van der Waals surface area contributed by atoms with E-state index in [2.05, 4.69) is 11.2 Å². The lowest BCUT2D eigenvalue weighted by Gasteiger charge is -2.43. The summed E-state index contributed by atoms with van der Waals surface area (Å²) in [6, 6.07) is -1.01. The summed E-state index contributed by atoms with van der Waals surface area (Å²) in [5.41, 5.74) is -0.734. The van der Waals surface area contributed by atoms with Gasteiger partial charge in [0.25, 0.3) is 0 Å². The minimum atomic E-state index is -0.734. The summed E-state index contributed by atoms with van der Waals surface area (Å²) in [4.78, 5) is 24.9. The zero-order chi connectivity index (χ0) is 11.8. The Morgan fingerprint density at radius 2 is 1.93 bits per heavy atom. The first-order chi connectivity index (χ1) is 6.81. The Morgan fingerprint density at radius 1 is 1.40 bits per heavy atom. The molecule has 1 fully saturated rings. The van der Waals surface area contributed by atoms with Crippen molar-refractivity contribution in [2.75, 3.05) is 0 Å². The third kappa shape index (κ3) is 1.82. The lowest BCUT2D eigenvalue weighted by molar-refractivity contribution is -0.152. The number of piperazine rings is 1. The fourth-order valence-electron chi connectivity index (χ4n) is 1.74. The Balaban J connectivity index is 3.09. The molecule has 0 bridgehead atoms. The van der Waals surface area contributed by atoms with E-state index in [-0.39, 0.29) is 11.8 Å². The molecule has 0 aromatic carbocycles. The lowest BCUT2D eigenvalue weighted by Crippen LogP contribution is -2.66. The average molecular weight is 208 g/mol. The number of hydrogen-bond donors (Lipinski definition) is 1. The van der Waals surface area contributed by atoms with Crippen LogP contribution in [0.1, 0.15) is 27.7 Å². The molecule has 2 unspecified atom stereocenters. The van der Waals surface area contributed by atoms with Crippen molar-refractivity contribution in [3.63, 3.8) is 0 Å². The second-order valence-corrected chi connectivity index (χ2v) is 4.32. The zero-order valence-corrected chi connectivity index (χ0v) is 9.50. The summed E-state index contributed by atoms with van der Waals surface area (Å²) in [6.45, 7) is 6.85. The van der Waals surface area contributed by atoms with Crippen LogP contribution in [0.2, 0.25) is 0 Å². The second-order valence-electron chi connectivity index (χ2n) is 4.32. The van der Waals surface area contributed by atoms with Gasteiger partial charge in [-0.25, -0.2) is 0 Å². The predicted octanol–water partition coefficient (Wildman–Crippen LogP) is 0.134. The molecule has 1 rings (SSSR count). The average Bonchev–Trinajstić information content (AvgIpc) is 2.15. The molecule has 2 atom stereocenters. The van der Waals surface area contributed by atoms with Gasteiger partial charge in [0.15, 0.2) is 0 Å². The van der Waals surface area contributed by atoms with Gasteiger partial charge in [-0.3, -0.25) is 9.59 Å². The number of nitrogens with one attached hydrogen (secondary N) is 1. The van der Waals surface area contributed by atoms with E-state index in [0.29, 0.717) is 0 Å². The van der Waals surface area contributed by atoms with Crippen LogP contribution in [-0.2, 0) is 9.59 Å². The number of carbonyl (C=O) groups excluding carboxylic acids is 2. The van der Waals surface area contributed by atoms with E-state index in [0.717, 1.165) is 0 Å². The van der Waals surface area contributed by atoms with Crippen LogP contribution in [0.5, 0.6) is 0 Å². The molecule has 0 aromatic heterocycles. The van der Waals surface area contributed by atoms with Crippen LogP contribution < -0.4 is 5.32 Å². The number of amides is 2. The smallest absolute Gasteiger partial charge is 0.246 e. The topological polar surface area (TPSA) is 49.4 Å². The van der Waals surface area contributed by atoms with Crippen LogP contribution in [0.15, 0.2) is 0 Å². The van der Waals surface area contributed by atoms with E-state index in [4.69, 9.17) is 6.42 Å². The fraction of sp³-hybridized carbons (Fsp3) is 0.636. The molecular formula is C11H16N2O2. The molecule has 0 aliphatic carbocycles. The van der Waals surface area contributed by atoms with Gasteiger partial charge in [0.2, 0.25) is 11.8 Å². The normalized spacial score (nSPS) is 27.3. The molecule has 2 amide bonds. The molecule has 1 N–H and O–H groups in total. The Morgan fingerprint density at radius 3 is 2.40 bits per heavy atom. The van der Waals surface area contributed by atoms with Gasteiger partial charge in [-0.05, 0) is 27.7 Å². The molecule has 1 aliphatic rings. The van der Waals surface area contributed by atoms with E-state index >= 15 is 0 Å². The molecule has 0 spiro atoms. The van der Waals surface area contributed by atoms with E-state index in [1.807, 2.05) is 0 Å². The quantitative estimate of drug-likeness (QED) is 0.623. The Hall–Kier alpha value is -1.50. The van der Waals surface area contributed by atoms with Gasteiger partial charge in [0.1, 0.15) is 12.1 Å². The summed E-state index contributed by atoms with van der Waals surface area (Å²) in [7, 11) is 0. The second kappa shape index (κ2) is 3.58. The van der Waals surface area contributed by atoms with Gasteiger partial charge >= 0.3 is 0 Å². The maximum Gasteiger partial charge on any atom is 0.246 e. The maximum atomic E-state index is 11.9. The van der Waals surface area contributed by atoms with Crippen molar-refractivity contribution in [2.24, 2.45) is 0 Å². The Labute approximate surface area is 90.0 Å². The van der Waals surface area contributed by atoms with Crippen LogP contribution in [0, 0.1) is 12.3 Å². The third-order valence-corrected chi connectivity index (χ3v) is 2.69. The van der Waals surface area contributed by atoms with Crippen molar-refractivity contribution in [1.29, 1.82) is 0 Å². The minimum absolute atomic E-state index is 0.134. The lowest BCUT2D eigenvalue weighted by atomic mass is 9.97. The first kappa shape index (κ1) is 11.6. The van der Waals surface area contributed by atoms with E-state index < -0.39 is 17.6 Å². The van der Waals surface area contributed by atoms with E-state index in [1.165, 1.54) is 4.90 Å². The van der Waals surface area contributed by atoms with Crippen molar-refractivity contribution in [3.8, 4) is 12.3 Å². The summed E-state index contributed by atoms with van der Waals surface area (Å²) in [5.74, 6) is 2.24. The molecule has 0 saturated carbocycles. The summed E-state index contributed by atoms with van der Waals surface area (Å²) in [6.07, 6.45) is 5.38. The monoisotopic (exact) mass is 208 g/mol. The van der Waals surface area contributed by atoms with Crippen molar-refractivity contribution in [3.05, 3.63) is 0 Å². The summed E-state index contributed by atoms with van der Waals surface area (Å²) in [5, 5.41) is 2.61. The molecule has 82 valence electrons. The standard InChI is InChI=1S/C11H16N2O2/c1-6-11(4,5)13-8(3)9(14)12-7(2)10(13)15/h1,7-8H,2-5H3,(H,12,14). The van der Waals surface area contributed by atoms with Crippen LogP contribution >= 0.6 is 0 Å². The van der Waals surface area contributed by atoms with Gasteiger partial charge in [-0.2, -0.15) is 0 Å². The molecule has 1 saturated heterocycles. The Kier molecular flexibility index (Phi) is 2.76. The minimum Gasteiger partial charge on any atom is -0.343 e. The molecule has 1 heterocycles. The number of rotatable bonds is 1. The molecule has 4 heteroatoms. The van der Waals surface area contributed by atoms with Crippen molar-refractivity contribution in [1.82, 2.24) is 10.2 Å². The molecule has 4 nitrogen and oxygen atoms in total. The van der Waals surface area contributed by atoms with Gasteiger partial charge in [0, 0.05) is 0 Å². The first-order valence-corrected chi connectivity index (χ1v) is 4.92. The van der Waals surface area contributed by atoms with Crippen LogP contribution in [0.3, 0.4) is 0 Å². The van der Waals surface area contributed by atoms with Crippen LogP contribution in [0.25, 0.3) is 0 Å². The van der Waals surface area contributed by atoms with Crippen molar-refractivity contribution in [2.45, 2.75) is 45.3 Å². The van der Waals surface area contributed by atoms with Gasteiger partial charge in [-0.1, -0.05) is 5.92 Å². The molecular weight excluding hydrogens is 192 g/mol. The number of nitrogens with zero attached hydrogens (tertiary/aromatic N) is 1. The summed E-state index contributed by atoms with van der Waals surface area (Å²) < 4.78 is 0. The van der Waals surface area contributed by atoms with E-state index in [1.54, 1.807) is 27.7 Å². The third-order valence-electron chi connectivity index (χ3n) is 2.69. The largest absolute Gasteiger partial charge is 0.343 e. The maximum absolute atomic E-state index is 11.9. The Bertz CT molecular complexity index is 341. The van der Waals surface area contributed by atoms with Crippen molar-refractivity contribution < 1.29 is 9.59 Å². The first-order valence-electron chi connectivity index (χ1n) is 4.92. The van der Waals surface area contributed by atoms with Gasteiger partial charge in [-0.15, -0.1) is 6.42 Å². The van der Waals surface area contributed by atoms with Gasteiger partial charge in [0.05, 0.1) is 5.54 Å². The highest BCUT2D eigenvalue weighted by molar-refractivity contribution is 5.97. The zero-order valence-electron chi connectivity index (χ0n) is 9.50. The highest BCUT2D eigenvalue weighted by atomic mass is 16.2. The summed E-state index contributed by atoms with van der Waals surface area (Å²) >= 11 is 0. The SMILES string of the molecule is C#CC(C)(C)N1C(=O)C(C)NC(=O)C1C. The molecule has 15 heavy (non-hydrogen) atoms. The van der Waals surface area contributed by atoms with Crippen LogP contribution in [-0.4, -0.2) is 34.3 Å². The van der Waals surface area contributed by atoms with Crippen LogP contribution in [0.4, 0.5) is 0 Å². The van der Waals surface area contributed by atoms with Crippen molar-refractivity contribution >= 4 is 11.8 Å². The number of hydrogen-bond acceptors (Lipinski definition) is 2. The molecule has 0 aromatic rings. The fourth-order valence-corrected chi connectivity index (χ4v) is 1.74. The predicted molar refractivity (Wildman–Crippen MR) is 56.8 cm³/mol. The van der Waals surface area contributed by atoms with Gasteiger partial charge < -0.3 is 10.2 Å². The van der Waals surface area contributed by atoms with E-state index in [9.17, 15) is 9.59 Å². The highest BCUT2D eigenvalue weighted by Gasteiger charge is 2.42.